The zero-order valence-corrected chi connectivity index (χ0v) is 9.40. The van der Waals surface area contributed by atoms with Crippen molar-refractivity contribution in [1.29, 1.82) is 0 Å². The van der Waals surface area contributed by atoms with Crippen LogP contribution in [0.5, 0.6) is 0 Å². The van der Waals surface area contributed by atoms with Crippen LogP contribution in [0.15, 0.2) is 11.0 Å². The number of nitrogen functional groups attached to an aromatic ring is 1. The molecule has 0 spiro atoms. The number of nitrogens with two attached hydrogens (primary N) is 1. The minimum absolute atomic E-state index is 0.199. The van der Waals surface area contributed by atoms with E-state index in [-0.39, 0.29) is 11.5 Å². The monoisotopic (exact) mass is 221 g/mol. The van der Waals surface area contributed by atoms with E-state index in [0.717, 1.165) is 18.4 Å². The molecule has 0 amide bonds. The molecule has 1 atom stereocenters. The van der Waals surface area contributed by atoms with Crippen LogP contribution in [-0.4, -0.2) is 19.8 Å². The number of hydrogen-bond acceptors (Lipinski definition) is 4. The number of aromatic nitrogens is 4. The maximum atomic E-state index is 11.7. The smallest absolute Gasteiger partial charge is 0.290 e. The Bertz CT molecular complexity index is 556. The summed E-state index contributed by atoms with van der Waals surface area (Å²) >= 11 is 0. The van der Waals surface area contributed by atoms with Crippen molar-refractivity contribution >= 4 is 11.5 Å². The Balaban J connectivity index is 2.64. The van der Waals surface area contributed by atoms with Crippen molar-refractivity contribution in [2.45, 2.75) is 32.6 Å². The van der Waals surface area contributed by atoms with Gasteiger partial charge in [0, 0.05) is 5.56 Å². The van der Waals surface area contributed by atoms with Crippen molar-refractivity contribution in [2.24, 2.45) is 0 Å². The first-order valence-electron chi connectivity index (χ1n) is 5.37. The molecule has 1 unspecified atom stereocenters. The molecule has 0 radical (unpaired) electrons. The lowest BCUT2D eigenvalue weighted by Crippen LogP contribution is -2.17. The highest BCUT2D eigenvalue weighted by molar-refractivity contribution is 5.55. The largest absolute Gasteiger partial charge is 0.366 e. The predicted octanol–water partition coefficient (Wildman–Crippen LogP) is 0.903. The molecule has 6 nitrogen and oxygen atoms in total. The van der Waals surface area contributed by atoms with E-state index in [2.05, 4.69) is 29.1 Å². The van der Waals surface area contributed by atoms with Crippen LogP contribution in [0.4, 0.5) is 5.95 Å². The molecule has 2 heterocycles. The third-order valence-electron chi connectivity index (χ3n) is 2.75. The van der Waals surface area contributed by atoms with E-state index in [4.69, 9.17) is 5.73 Å². The van der Waals surface area contributed by atoms with Crippen LogP contribution in [0.1, 0.15) is 38.2 Å². The van der Waals surface area contributed by atoms with Gasteiger partial charge in [0.05, 0.1) is 6.20 Å². The fourth-order valence-corrected chi connectivity index (χ4v) is 1.92. The Kier molecular flexibility index (Phi) is 2.64. The molecular weight excluding hydrogens is 206 g/mol. The molecule has 2 aromatic heterocycles. The van der Waals surface area contributed by atoms with Gasteiger partial charge in [-0.05, 0) is 12.3 Å². The average molecular weight is 221 g/mol. The first-order valence-corrected chi connectivity index (χ1v) is 5.37. The van der Waals surface area contributed by atoms with Crippen molar-refractivity contribution in [3.63, 3.8) is 0 Å². The molecule has 0 aromatic carbocycles. The zero-order valence-electron chi connectivity index (χ0n) is 9.40. The minimum atomic E-state index is -0.246. The van der Waals surface area contributed by atoms with Crippen LogP contribution in [0.25, 0.3) is 5.52 Å². The Morgan fingerprint density at radius 2 is 2.38 bits per heavy atom. The van der Waals surface area contributed by atoms with E-state index >= 15 is 0 Å². The lowest BCUT2D eigenvalue weighted by Gasteiger charge is -2.07. The van der Waals surface area contributed by atoms with E-state index in [1.807, 2.05) is 0 Å². The molecule has 0 aliphatic heterocycles. The van der Waals surface area contributed by atoms with E-state index < -0.39 is 0 Å². The number of nitrogens with one attached hydrogen (secondary N) is 1. The lowest BCUT2D eigenvalue weighted by molar-refractivity contribution is 0.668. The van der Waals surface area contributed by atoms with Gasteiger partial charge in [0.1, 0.15) is 5.52 Å². The predicted molar refractivity (Wildman–Crippen MR) is 61.3 cm³/mol. The van der Waals surface area contributed by atoms with Gasteiger partial charge < -0.3 is 5.73 Å². The van der Waals surface area contributed by atoms with Crippen LogP contribution in [0, 0.1) is 0 Å². The highest BCUT2D eigenvalue weighted by Crippen LogP contribution is 2.23. The quantitative estimate of drug-likeness (QED) is 0.806. The van der Waals surface area contributed by atoms with E-state index in [9.17, 15) is 4.79 Å². The molecular formula is C10H15N5O. The molecule has 0 saturated heterocycles. The Morgan fingerprint density at radius 3 is 3.06 bits per heavy atom. The molecule has 0 aliphatic carbocycles. The molecule has 0 bridgehead atoms. The number of nitrogens with zero attached hydrogens (tertiary/aromatic N) is 3. The van der Waals surface area contributed by atoms with Gasteiger partial charge in [-0.15, -0.1) is 5.10 Å². The summed E-state index contributed by atoms with van der Waals surface area (Å²) in [6.45, 7) is 4.19. The minimum Gasteiger partial charge on any atom is -0.366 e. The average Bonchev–Trinajstić information content (AvgIpc) is 2.69. The standard InChI is InChI=1S/C10H15N5O/c1-3-4-6(2)7-5-12-15-8(7)9(16)13-14-10(15)11/h5-6H,3-4H2,1-2H3,(H2,11,14)(H,13,16). The molecule has 6 heteroatoms. The Hall–Kier alpha value is -1.85. The van der Waals surface area contributed by atoms with Gasteiger partial charge >= 0.3 is 0 Å². The maximum absolute atomic E-state index is 11.7. The summed E-state index contributed by atoms with van der Waals surface area (Å²) in [7, 11) is 0. The van der Waals surface area contributed by atoms with Gasteiger partial charge in [-0.2, -0.15) is 9.61 Å². The number of rotatable bonds is 3. The van der Waals surface area contributed by atoms with Gasteiger partial charge in [-0.25, -0.2) is 5.10 Å². The van der Waals surface area contributed by atoms with E-state index in [0.29, 0.717) is 11.4 Å². The summed E-state index contributed by atoms with van der Waals surface area (Å²) in [6.07, 6.45) is 3.78. The number of hydrogen-bond donors (Lipinski definition) is 2. The van der Waals surface area contributed by atoms with Gasteiger partial charge in [-0.1, -0.05) is 20.3 Å². The number of anilines is 1. The second-order valence-corrected chi connectivity index (χ2v) is 3.96. The Morgan fingerprint density at radius 1 is 1.62 bits per heavy atom. The van der Waals surface area contributed by atoms with E-state index in [1.165, 1.54) is 4.52 Å². The molecule has 0 aliphatic rings. The van der Waals surface area contributed by atoms with Crippen LogP contribution >= 0.6 is 0 Å². The topological polar surface area (TPSA) is 89.1 Å². The van der Waals surface area contributed by atoms with Gasteiger partial charge in [-0.3, -0.25) is 4.79 Å². The third-order valence-corrected chi connectivity index (χ3v) is 2.75. The summed E-state index contributed by atoms with van der Waals surface area (Å²) in [5, 5.41) is 10.1. The van der Waals surface area contributed by atoms with Crippen molar-refractivity contribution in [3.8, 4) is 0 Å². The second kappa shape index (κ2) is 3.96. The van der Waals surface area contributed by atoms with Crippen LogP contribution in [0.2, 0.25) is 0 Å². The van der Waals surface area contributed by atoms with Crippen molar-refractivity contribution in [3.05, 3.63) is 22.1 Å². The lowest BCUT2D eigenvalue weighted by atomic mass is 9.98. The van der Waals surface area contributed by atoms with Crippen LogP contribution in [-0.2, 0) is 0 Å². The summed E-state index contributed by atoms with van der Waals surface area (Å²) in [5.41, 5.74) is 6.82. The van der Waals surface area contributed by atoms with Gasteiger partial charge in [0.2, 0.25) is 5.95 Å². The van der Waals surface area contributed by atoms with E-state index in [1.54, 1.807) is 6.20 Å². The van der Waals surface area contributed by atoms with Gasteiger partial charge in [0.15, 0.2) is 0 Å². The summed E-state index contributed by atoms with van der Waals surface area (Å²) in [6, 6.07) is 0. The van der Waals surface area contributed by atoms with Crippen molar-refractivity contribution in [1.82, 2.24) is 19.8 Å². The molecule has 0 fully saturated rings. The summed E-state index contributed by atoms with van der Waals surface area (Å²) in [4.78, 5) is 11.7. The zero-order chi connectivity index (χ0) is 11.7. The molecule has 3 N–H and O–H groups in total. The first kappa shape index (κ1) is 10.7. The fourth-order valence-electron chi connectivity index (χ4n) is 1.92. The summed E-state index contributed by atoms with van der Waals surface area (Å²) < 4.78 is 1.39. The third kappa shape index (κ3) is 1.56. The SMILES string of the molecule is CCCC(C)c1cnn2c(N)n[nH]c(=O)c12. The van der Waals surface area contributed by atoms with Crippen LogP contribution in [0.3, 0.4) is 0 Å². The van der Waals surface area contributed by atoms with Crippen molar-refractivity contribution in [2.75, 3.05) is 5.73 Å². The highest BCUT2D eigenvalue weighted by atomic mass is 16.1. The van der Waals surface area contributed by atoms with Crippen LogP contribution < -0.4 is 11.3 Å². The summed E-state index contributed by atoms with van der Waals surface area (Å²) in [5.74, 6) is 0.495. The molecule has 2 rings (SSSR count). The molecule has 0 saturated carbocycles. The molecule has 16 heavy (non-hydrogen) atoms. The highest BCUT2D eigenvalue weighted by Gasteiger charge is 2.15. The van der Waals surface area contributed by atoms with Gasteiger partial charge in [0.25, 0.3) is 5.56 Å². The maximum Gasteiger partial charge on any atom is 0.290 e. The first-order chi connectivity index (χ1) is 7.65. The number of fused-ring (bicyclic) bond motifs is 1. The van der Waals surface area contributed by atoms with Crippen molar-refractivity contribution < 1.29 is 0 Å². The number of aromatic amines is 1. The normalized spacial score (nSPS) is 13.1. The Labute approximate surface area is 92.5 Å². The molecule has 2 aromatic rings. The molecule has 86 valence electrons. The fraction of sp³-hybridized carbons (Fsp3) is 0.500. The number of H-pyrrole nitrogens is 1. The second-order valence-electron chi connectivity index (χ2n) is 3.96.